The predicted octanol–water partition coefficient (Wildman–Crippen LogP) is 6.31. The van der Waals surface area contributed by atoms with Gasteiger partial charge in [-0.2, -0.15) is 0 Å². The highest BCUT2D eigenvalue weighted by Crippen LogP contribution is 2.25. The SMILES string of the molecule is CC(C)(C)OC(=O)c1cc(Cl)ccc1Cc1ccc2c(c1)sc(=O)n2Cc1ccccc1. The second-order valence-electron chi connectivity index (χ2n) is 8.72. The molecule has 4 rings (SSSR count). The molecule has 0 spiro atoms. The van der Waals surface area contributed by atoms with E-state index in [-0.39, 0.29) is 4.87 Å². The van der Waals surface area contributed by atoms with Crippen molar-refractivity contribution in [1.29, 1.82) is 0 Å². The van der Waals surface area contributed by atoms with Crippen LogP contribution in [0, 0.1) is 0 Å². The lowest BCUT2D eigenvalue weighted by molar-refractivity contribution is 0.00685. The number of carbonyl (C=O) groups is 1. The van der Waals surface area contributed by atoms with Gasteiger partial charge < -0.3 is 4.74 Å². The van der Waals surface area contributed by atoms with Gasteiger partial charge in [-0.3, -0.25) is 9.36 Å². The number of hydrogen-bond acceptors (Lipinski definition) is 4. The van der Waals surface area contributed by atoms with Crippen molar-refractivity contribution in [2.45, 2.75) is 39.3 Å². The van der Waals surface area contributed by atoms with Crippen LogP contribution in [0.3, 0.4) is 0 Å². The molecule has 0 fully saturated rings. The van der Waals surface area contributed by atoms with Crippen LogP contribution < -0.4 is 4.87 Å². The fourth-order valence-electron chi connectivity index (χ4n) is 3.58. The minimum atomic E-state index is -0.594. The van der Waals surface area contributed by atoms with Gasteiger partial charge in [0.2, 0.25) is 0 Å². The van der Waals surface area contributed by atoms with Crippen LogP contribution in [0.5, 0.6) is 0 Å². The Morgan fingerprint density at radius 1 is 1.00 bits per heavy atom. The lowest BCUT2D eigenvalue weighted by Crippen LogP contribution is -2.24. The zero-order chi connectivity index (χ0) is 22.9. The van der Waals surface area contributed by atoms with E-state index in [1.54, 1.807) is 16.7 Å². The fraction of sp³-hybridized carbons (Fsp3) is 0.231. The van der Waals surface area contributed by atoms with E-state index >= 15 is 0 Å². The Labute approximate surface area is 196 Å². The summed E-state index contributed by atoms with van der Waals surface area (Å²) in [7, 11) is 0. The van der Waals surface area contributed by atoms with Crippen molar-refractivity contribution in [3.05, 3.63) is 104 Å². The molecule has 0 aliphatic heterocycles. The van der Waals surface area contributed by atoms with Crippen LogP contribution in [0.2, 0.25) is 5.02 Å². The number of benzene rings is 3. The Balaban J connectivity index is 1.65. The quantitative estimate of drug-likeness (QED) is 0.324. The van der Waals surface area contributed by atoms with Crippen molar-refractivity contribution >= 4 is 39.1 Å². The van der Waals surface area contributed by atoms with Gasteiger partial charge >= 0.3 is 10.8 Å². The highest BCUT2D eigenvalue weighted by atomic mass is 35.5. The predicted molar refractivity (Wildman–Crippen MR) is 131 cm³/mol. The van der Waals surface area contributed by atoms with E-state index in [0.29, 0.717) is 23.6 Å². The van der Waals surface area contributed by atoms with Crippen molar-refractivity contribution in [2.24, 2.45) is 0 Å². The van der Waals surface area contributed by atoms with E-state index < -0.39 is 11.6 Å². The third-order valence-electron chi connectivity index (χ3n) is 5.00. The molecule has 0 radical (unpaired) electrons. The number of hydrogen-bond donors (Lipinski definition) is 0. The molecule has 32 heavy (non-hydrogen) atoms. The zero-order valence-corrected chi connectivity index (χ0v) is 19.8. The maximum Gasteiger partial charge on any atom is 0.338 e. The average Bonchev–Trinajstić information content (AvgIpc) is 3.03. The second-order valence-corrected chi connectivity index (χ2v) is 10.2. The topological polar surface area (TPSA) is 48.3 Å². The molecule has 0 saturated heterocycles. The molecule has 0 aliphatic carbocycles. The van der Waals surface area contributed by atoms with Crippen molar-refractivity contribution in [3.8, 4) is 0 Å². The van der Waals surface area contributed by atoms with E-state index in [0.717, 1.165) is 26.9 Å². The number of esters is 1. The van der Waals surface area contributed by atoms with Crippen molar-refractivity contribution in [1.82, 2.24) is 4.57 Å². The number of nitrogens with zero attached hydrogens (tertiary/aromatic N) is 1. The monoisotopic (exact) mass is 465 g/mol. The minimum absolute atomic E-state index is 0.0157. The summed E-state index contributed by atoms with van der Waals surface area (Å²) in [6.45, 7) is 6.06. The Morgan fingerprint density at radius 2 is 1.75 bits per heavy atom. The van der Waals surface area contributed by atoms with Crippen LogP contribution >= 0.6 is 22.9 Å². The standard InChI is InChI=1S/C26H24ClNO3S/c1-26(2,3)31-24(29)21-15-20(27)11-10-19(21)13-18-9-12-22-23(14-18)32-25(30)28(22)16-17-7-5-4-6-8-17/h4-12,14-15H,13,16H2,1-3H3. The number of thiazole rings is 1. The first-order chi connectivity index (χ1) is 15.2. The van der Waals surface area contributed by atoms with E-state index in [4.69, 9.17) is 16.3 Å². The van der Waals surface area contributed by atoms with Crippen LogP contribution in [0.4, 0.5) is 0 Å². The molecule has 0 atom stereocenters. The molecule has 0 bridgehead atoms. The number of ether oxygens (including phenoxy) is 1. The van der Waals surface area contributed by atoms with Crippen LogP contribution in [-0.2, 0) is 17.7 Å². The Bertz CT molecular complexity index is 1330. The Hall–Kier alpha value is -2.89. The van der Waals surface area contributed by atoms with Gasteiger partial charge in [0.05, 0.1) is 22.3 Å². The molecule has 1 aromatic heterocycles. The van der Waals surface area contributed by atoms with Gasteiger partial charge in [0, 0.05) is 5.02 Å². The summed E-state index contributed by atoms with van der Waals surface area (Å²) in [5, 5.41) is 0.487. The third kappa shape index (κ3) is 5.12. The first-order valence-corrected chi connectivity index (χ1v) is 11.6. The summed E-state index contributed by atoms with van der Waals surface area (Å²) < 4.78 is 8.29. The summed E-state index contributed by atoms with van der Waals surface area (Å²) in [5.74, 6) is -0.394. The summed E-state index contributed by atoms with van der Waals surface area (Å²) >= 11 is 7.39. The highest BCUT2D eigenvalue weighted by molar-refractivity contribution is 7.16. The van der Waals surface area contributed by atoms with Gasteiger partial charge in [-0.15, -0.1) is 0 Å². The molecule has 6 heteroatoms. The van der Waals surface area contributed by atoms with Crippen molar-refractivity contribution in [3.63, 3.8) is 0 Å². The number of halogens is 1. The summed E-state index contributed by atoms with van der Waals surface area (Å²) in [5.41, 5.74) is 3.71. The summed E-state index contributed by atoms with van der Waals surface area (Å²) in [4.78, 5) is 25.4. The van der Waals surface area contributed by atoms with Crippen LogP contribution in [0.15, 0.2) is 71.5 Å². The molecule has 0 aliphatic rings. The number of fused-ring (bicyclic) bond motifs is 1. The molecule has 0 saturated carbocycles. The molecule has 3 aromatic carbocycles. The molecule has 0 unspecified atom stereocenters. The lowest BCUT2D eigenvalue weighted by Gasteiger charge is -2.20. The third-order valence-corrected chi connectivity index (χ3v) is 6.18. The Kier molecular flexibility index (Phi) is 6.22. The highest BCUT2D eigenvalue weighted by Gasteiger charge is 2.21. The number of rotatable bonds is 5. The molecule has 4 nitrogen and oxygen atoms in total. The van der Waals surface area contributed by atoms with E-state index in [1.165, 1.54) is 11.3 Å². The average molecular weight is 466 g/mol. The lowest BCUT2D eigenvalue weighted by atomic mass is 9.99. The Morgan fingerprint density at radius 3 is 2.47 bits per heavy atom. The fourth-order valence-corrected chi connectivity index (χ4v) is 4.71. The van der Waals surface area contributed by atoms with Crippen LogP contribution in [0.1, 0.15) is 47.8 Å². The molecule has 0 N–H and O–H groups in total. The van der Waals surface area contributed by atoms with E-state index in [9.17, 15) is 9.59 Å². The first kappa shape index (κ1) is 22.3. The van der Waals surface area contributed by atoms with Crippen molar-refractivity contribution in [2.75, 3.05) is 0 Å². The summed E-state index contributed by atoms with van der Waals surface area (Å²) in [6, 6.07) is 21.2. The molecule has 4 aromatic rings. The smallest absolute Gasteiger partial charge is 0.338 e. The van der Waals surface area contributed by atoms with Crippen molar-refractivity contribution < 1.29 is 9.53 Å². The van der Waals surface area contributed by atoms with Gasteiger partial charge in [0.1, 0.15) is 5.60 Å². The molecule has 1 heterocycles. The number of carbonyl (C=O) groups excluding carboxylic acids is 1. The van der Waals surface area contributed by atoms with Gasteiger partial charge in [0.25, 0.3) is 0 Å². The zero-order valence-electron chi connectivity index (χ0n) is 18.2. The van der Waals surface area contributed by atoms with Crippen LogP contribution in [0.25, 0.3) is 10.2 Å². The van der Waals surface area contributed by atoms with Gasteiger partial charge in [-0.25, -0.2) is 4.79 Å². The van der Waals surface area contributed by atoms with E-state index in [1.807, 2.05) is 75.4 Å². The maximum absolute atomic E-state index is 12.7. The molecule has 164 valence electrons. The largest absolute Gasteiger partial charge is 0.456 e. The maximum atomic E-state index is 12.7. The van der Waals surface area contributed by atoms with Crippen LogP contribution in [-0.4, -0.2) is 16.1 Å². The molecule has 0 amide bonds. The van der Waals surface area contributed by atoms with Gasteiger partial charge in [-0.05, 0) is 68.1 Å². The minimum Gasteiger partial charge on any atom is -0.456 e. The molecular weight excluding hydrogens is 442 g/mol. The van der Waals surface area contributed by atoms with Gasteiger partial charge in [-0.1, -0.05) is 65.4 Å². The number of aromatic nitrogens is 1. The molecular formula is C26H24ClNO3S. The summed E-state index contributed by atoms with van der Waals surface area (Å²) in [6.07, 6.45) is 0.534. The van der Waals surface area contributed by atoms with E-state index in [2.05, 4.69) is 0 Å². The first-order valence-electron chi connectivity index (χ1n) is 10.4. The van der Waals surface area contributed by atoms with Gasteiger partial charge in [0.15, 0.2) is 0 Å². The normalized spacial score (nSPS) is 11.6. The second kappa shape index (κ2) is 8.93.